The van der Waals surface area contributed by atoms with E-state index >= 15 is 0 Å². The lowest BCUT2D eigenvalue weighted by molar-refractivity contribution is -0.119. The lowest BCUT2D eigenvalue weighted by atomic mass is 10.00. The second-order valence-electron chi connectivity index (χ2n) is 5.82. The Hall–Kier alpha value is -1.59. The van der Waals surface area contributed by atoms with Crippen molar-refractivity contribution in [3.05, 3.63) is 24.3 Å². The Morgan fingerprint density at radius 1 is 1.30 bits per heavy atom. The van der Waals surface area contributed by atoms with E-state index in [4.69, 9.17) is 5.73 Å². The number of carbonyl (C=O) groups is 1. The van der Waals surface area contributed by atoms with Crippen LogP contribution in [0.5, 0.6) is 0 Å². The monoisotopic (exact) mass is 275 g/mol. The van der Waals surface area contributed by atoms with Crippen LogP contribution >= 0.6 is 0 Å². The molecule has 2 atom stereocenters. The number of fused-ring (bicyclic) bond motifs is 2. The van der Waals surface area contributed by atoms with E-state index in [1.807, 2.05) is 18.2 Å². The number of benzene rings is 1. The predicted octanol–water partition coefficient (Wildman–Crippen LogP) is 1.20. The van der Waals surface area contributed by atoms with Crippen LogP contribution in [0.15, 0.2) is 24.3 Å². The first-order valence-electron chi connectivity index (χ1n) is 7.21. The minimum atomic E-state index is -0.198. The number of hydrogen-bond donors (Lipinski definition) is 3. The van der Waals surface area contributed by atoms with Gasteiger partial charge >= 0.3 is 0 Å². The number of para-hydroxylation sites is 2. The van der Waals surface area contributed by atoms with Crippen LogP contribution in [0.4, 0.5) is 11.4 Å². The summed E-state index contributed by atoms with van der Waals surface area (Å²) >= 11 is 0. The molecule has 2 heterocycles. The van der Waals surface area contributed by atoms with Crippen LogP contribution < -0.4 is 11.1 Å². The highest BCUT2D eigenvalue weighted by Gasteiger charge is 2.40. The maximum Gasteiger partial charge on any atom is 0.238 e. The molecule has 2 saturated heterocycles. The smallest absolute Gasteiger partial charge is 0.238 e. The maximum absolute atomic E-state index is 12.2. The number of aliphatic hydroxyl groups excluding tert-OH is 1. The van der Waals surface area contributed by atoms with Gasteiger partial charge in [0.15, 0.2) is 0 Å². The average molecular weight is 275 g/mol. The molecule has 0 aliphatic carbocycles. The molecule has 1 aromatic carbocycles. The number of carbonyl (C=O) groups excluding carboxylic acids is 1. The minimum Gasteiger partial charge on any atom is -0.397 e. The van der Waals surface area contributed by atoms with Gasteiger partial charge in [0, 0.05) is 12.1 Å². The van der Waals surface area contributed by atoms with Crippen molar-refractivity contribution < 1.29 is 9.90 Å². The molecule has 5 heteroatoms. The van der Waals surface area contributed by atoms with Gasteiger partial charge in [0.1, 0.15) is 0 Å². The van der Waals surface area contributed by atoms with E-state index < -0.39 is 0 Å². The van der Waals surface area contributed by atoms with E-state index in [1.165, 1.54) is 0 Å². The molecule has 4 N–H and O–H groups in total. The molecule has 5 nitrogen and oxygen atoms in total. The molecule has 1 amide bonds. The van der Waals surface area contributed by atoms with Crippen LogP contribution in [0, 0.1) is 0 Å². The zero-order valence-corrected chi connectivity index (χ0v) is 11.5. The highest BCUT2D eigenvalue weighted by molar-refractivity contribution is 5.95. The van der Waals surface area contributed by atoms with Gasteiger partial charge in [-0.05, 0) is 37.8 Å². The average Bonchev–Trinajstić information content (AvgIpc) is 2.65. The third kappa shape index (κ3) is 2.64. The van der Waals surface area contributed by atoms with Crippen LogP contribution in [0.2, 0.25) is 0 Å². The molecule has 108 valence electrons. The van der Waals surface area contributed by atoms with Gasteiger partial charge in [0.2, 0.25) is 5.91 Å². The Labute approximate surface area is 118 Å². The summed E-state index contributed by atoms with van der Waals surface area (Å²) < 4.78 is 0. The Morgan fingerprint density at radius 3 is 2.60 bits per heavy atom. The van der Waals surface area contributed by atoms with E-state index in [1.54, 1.807) is 6.07 Å². The fourth-order valence-corrected chi connectivity index (χ4v) is 3.47. The second-order valence-corrected chi connectivity index (χ2v) is 5.82. The molecule has 2 aliphatic heterocycles. The van der Waals surface area contributed by atoms with Gasteiger partial charge in [0.05, 0.1) is 24.0 Å². The number of hydrogen-bond acceptors (Lipinski definition) is 4. The first-order chi connectivity index (χ1) is 9.63. The third-order valence-electron chi connectivity index (χ3n) is 4.42. The summed E-state index contributed by atoms with van der Waals surface area (Å²) in [5, 5.41) is 12.6. The van der Waals surface area contributed by atoms with Crippen LogP contribution in [-0.4, -0.2) is 40.6 Å². The van der Waals surface area contributed by atoms with Crippen molar-refractivity contribution in [2.24, 2.45) is 0 Å². The molecule has 0 radical (unpaired) electrons. The third-order valence-corrected chi connectivity index (χ3v) is 4.42. The van der Waals surface area contributed by atoms with Crippen LogP contribution in [0.3, 0.4) is 0 Å². The summed E-state index contributed by atoms with van der Waals surface area (Å²) in [5.74, 6) is -0.0313. The highest BCUT2D eigenvalue weighted by atomic mass is 16.3. The number of nitrogen functional groups attached to an aromatic ring is 1. The summed E-state index contributed by atoms with van der Waals surface area (Å²) in [4.78, 5) is 14.4. The molecular formula is C15H21N3O2. The SMILES string of the molecule is Nc1ccccc1NC(=O)CN1C2CCC1CC(O)C2. The van der Waals surface area contributed by atoms with E-state index in [-0.39, 0.29) is 12.0 Å². The van der Waals surface area contributed by atoms with Gasteiger partial charge in [-0.2, -0.15) is 0 Å². The van der Waals surface area contributed by atoms with Crippen molar-refractivity contribution in [3.8, 4) is 0 Å². The maximum atomic E-state index is 12.2. The fraction of sp³-hybridized carbons (Fsp3) is 0.533. The van der Waals surface area contributed by atoms with Crippen molar-refractivity contribution in [2.75, 3.05) is 17.6 Å². The predicted molar refractivity (Wildman–Crippen MR) is 78.2 cm³/mol. The molecule has 3 rings (SSSR count). The standard InChI is InChI=1S/C15H21N3O2/c16-13-3-1-2-4-14(13)17-15(20)9-18-10-5-6-11(18)8-12(19)7-10/h1-4,10-12,19H,5-9,16H2,(H,17,20). The normalized spacial score (nSPS) is 29.4. The number of nitrogens with zero attached hydrogens (tertiary/aromatic N) is 1. The molecule has 2 fully saturated rings. The summed E-state index contributed by atoms with van der Waals surface area (Å²) in [6.45, 7) is 0.385. The van der Waals surface area contributed by atoms with Gasteiger partial charge in [-0.3, -0.25) is 9.69 Å². The summed E-state index contributed by atoms with van der Waals surface area (Å²) in [5.41, 5.74) is 7.08. The number of amides is 1. The number of nitrogens with one attached hydrogen (secondary N) is 1. The van der Waals surface area contributed by atoms with Gasteiger partial charge in [-0.1, -0.05) is 12.1 Å². The number of rotatable bonds is 3. The summed E-state index contributed by atoms with van der Waals surface area (Å²) in [6, 6.07) is 7.98. The number of piperidine rings is 1. The van der Waals surface area contributed by atoms with Crippen LogP contribution in [-0.2, 0) is 4.79 Å². The van der Waals surface area contributed by atoms with Gasteiger partial charge in [0.25, 0.3) is 0 Å². The summed E-state index contributed by atoms with van der Waals surface area (Å²) in [6.07, 6.45) is 3.55. The second kappa shape index (κ2) is 5.42. The molecule has 2 aliphatic rings. The van der Waals surface area contributed by atoms with Crippen molar-refractivity contribution in [1.82, 2.24) is 4.90 Å². The van der Waals surface area contributed by atoms with Crippen molar-refractivity contribution in [3.63, 3.8) is 0 Å². The van der Waals surface area contributed by atoms with Crippen LogP contribution in [0.25, 0.3) is 0 Å². The van der Waals surface area contributed by atoms with Gasteiger partial charge < -0.3 is 16.2 Å². The van der Waals surface area contributed by atoms with Crippen molar-refractivity contribution in [2.45, 2.75) is 43.9 Å². The number of anilines is 2. The molecule has 2 bridgehead atoms. The van der Waals surface area contributed by atoms with E-state index in [9.17, 15) is 9.90 Å². The van der Waals surface area contributed by atoms with E-state index in [0.717, 1.165) is 25.7 Å². The molecule has 0 spiro atoms. The Bertz CT molecular complexity index is 492. The first kappa shape index (κ1) is 13.4. The van der Waals surface area contributed by atoms with Crippen molar-refractivity contribution in [1.29, 1.82) is 0 Å². The topological polar surface area (TPSA) is 78.6 Å². The van der Waals surface area contributed by atoms with Crippen LogP contribution in [0.1, 0.15) is 25.7 Å². The Kier molecular flexibility index (Phi) is 3.63. The molecule has 20 heavy (non-hydrogen) atoms. The minimum absolute atomic E-state index is 0.0313. The summed E-state index contributed by atoms with van der Waals surface area (Å²) in [7, 11) is 0. The molecular weight excluding hydrogens is 254 g/mol. The number of aliphatic hydroxyl groups is 1. The number of nitrogens with two attached hydrogens (primary N) is 1. The van der Waals surface area contributed by atoms with Gasteiger partial charge in [-0.15, -0.1) is 0 Å². The van der Waals surface area contributed by atoms with Crippen molar-refractivity contribution >= 4 is 17.3 Å². The van der Waals surface area contributed by atoms with E-state index in [0.29, 0.717) is 30.0 Å². The fourth-order valence-electron chi connectivity index (χ4n) is 3.47. The highest BCUT2D eigenvalue weighted by Crippen LogP contribution is 2.35. The zero-order valence-electron chi connectivity index (χ0n) is 11.5. The Morgan fingerprint density at radius 2 is 1.95 bits per heavy atom. The first-order valence-corrected chi connectivity index (χ1v) is 7.21. The lowest BCUT2D eigenvalue weighted by Crippen LogP contribution is -2.47. The zero-order chi connectivity index (χ0) is 14.1. The Balaban J connectivity index is 1.61. The lowest BCUT2D eigenvalue weighted by Gasteiger charge is -2.36. The van der Waals surface area contributed by atoms with Gasteiger partial charge in [-0.25, -0.2) is 0 Å². The molecule has 0 saturated carbocycles. The molecule has 0 aromatic heterocycles. The largest absolute Gasteiger partial charge is 0.397 e. The van der Waals surface area contributed by atoms with E-state index in [2.05, 4.69) is 10.2 Å². The quantitative estimate of drug-likeness (QED) is 0.724. The molecule has 1 aromatic rings. The molecule has 2 unspecified atom stereocenters.